The van der Waals surface area contributed by atoms with Gasteiger partial charge in [0.2, 0.25) is 0 Å². The van der Waals surface area contributed by atoms with E-state index in [1.165, 1.54) is 25.3 Å². The summed E-state index contributed by atoms with van der Waals surface area (Å²) < 4.78 is 5.04. The van der Waals surface area contributed by atoms with E-state index >= 15 is 0 Å². The summed E-state index contributed by atoms with van der Waals surface area (Å²) in [6.07, 6.45) is 0. The third kappa shape index (κ3) is 3.08. The number of amides is 1. The maximum absolute atomic E-state index is 12.2. The molecule has 0 fully saturated rings. The molecule has 7 heteroatoms. The second kappa shape index (κ2) is 5.91. The molecule has 3 N–H and O–H groups in total. The number of anilines is 2. The number of para-hydroxylation sites is 1. The predicted molar refractivity (Wildman–Crippen MR) is 78.5 cm³/mol. The summed E-state index contributed by atoms with van der Waals surface area (Å²) >= 11 is 0. The summed E-state index contributed by atoms with van der Waals surface area (Å²) in [7, 11) is 1.50. The van der Waals surface area contributed by atoms with Crippen LogP contribution in [0.25, 0.3) is 0 Å². The molecule has 0 unspecified atom stereocenters. The van der Waals surface area contributed by atoms with Gasteiger partial charge < -0.3 is 15.8 Å². The fraction of sp³-hybridized carbons (Fsp3) is 0.0714. The highest BCUT2D eigenvalue weighted by Gasteiger charge is 2.23. The standard InChI is InChI=1S/C14H13N3O4/c1-21-10-5-2-4-9(8-10)16-14(18)11-6-3-7-12(15)13(11)17(19)20/h2-8H,15H2,1H3,(H,16,18). The molecule has 0 saturated heterocycles. The highest BCUT2D eigenvalue weighted by Crippen LogP contribution is 2.27. The minimum atomic E-state index is -0.671. The van der Waals surface area contributed by atoms with E-state index in [-0.39, 0.29) is 11.3 Å². The molecule has 0 bridgehead atoms. The number of nitrogen functional groups attached to an aromatic ring is 1. The van der Waals surface area contributed by atoms with Crippen LogP contribution in [0.4, 0.5) is 17.1 Å². The summed E-state index contributed by atoms with van der Waals surface area (Å²) in [5.74, 6) is -0.0443. The third-order valence-corrected chi connectivity index (χ3v) is 2.82. The van der Waals surface area contributed by atoms with Gasteiger partial charge in [0.15, 0.2) is 0 Å². The lowest BCUT2D eigenvalue weighted by Crippen LogP contribution is -2.14. The smallest absolute Gasteiger partial charge is 0.304 e. The number of nitro groups is 1. The van der Waals surface area contributed by atoms with Crippen molar-refractivity contribution in [3.05, 3.63) is 58.1 Å². The Balaban J connectivity index is 2.32. The van der Waals surface area contributed by atoms with Crippen LogP contribution in [0.2, 0.25) is 0 Å². The molecule has 0 atom stereocenters. The first-order chi connectivity index (χ1) is 10.0. The van der Waals surface area contributed by atoms with Gasteiger partial charge >= 0.3 is 5.69 Å². The Morgan fingerprint density at radius 2 is 2.00 bits per heavy atom. The number of carbonyl (C=O) groups is 1. The van der Waals surface area contributed by atoms with E-state index in [1.807, 2.05) is 0 Å². The molecule has 0 heterocycles. The van der Waals surface area contributed by atoms with Gasteiger partial charge in [0.25, 0.3) is 5.91 Å². The number of nitrogens with two attached hydrogens (primary N) is 1. The molecular weight excluding hydrogens is 274 g/mol. The zero-order valence-corrected chi connectivity index (χ0v) is 11.2. The number of hydrogen-bond acceptors (Lipinski definition) is 5. The van der Waals surface area contributed by atoms with Gasteiger partial charge in [0.05, 0.1) is 12.0 Å². The van der Waals surface area contributed by atoms with Crippen molar-refractivity contribution in [2.45, 2.75) is 0 Å². The summed E-state index contributed by atoms with van der Waals surface area (Å²) in [5.41, 5.74) is 5.47. The number of methoxy groups -OCH3 is 1. The fourth-order valence-electron chi connectivity index (χ4n) is 1.85. The van der Waals surface area contributed by atoms with Crippen LogP contribution in [0.3, 0.4) is 0 Å². The SMILES string of the molecule is COc1cccc(NC(=O)c2cccc(N)c2[N+](=O)[O-])c1. The molecule has 0 aliphatic carbocycles. The van der Waals surface area contributed by atoms with Crippen molar-refractivity contribution in [2.24, 2.45) is 0 Å². The van der Waals surface area contributed by atoms with Crippen molar-refractivity contribution in [3.63, 3.8) is 0 Å². The van der Waals surface area contributed by atoms with E-state index in [9.17, 15) is 14.9 Å². The number of ether oxygens (including phenoxy) is 1. The molecule has 7 nitrogen and oxygen atoms in total. The van der Waals surface area contributed by atoms with E-state index in [1.54, 1.807) is 24.3 Å². The Kier molecular flexibility index (Phi) is 4.03. The quantitative estimate of drug-likeness (QED) is 0.510. The maximum atomic E-state index is 12.2. The fourth-order valence-corrected chi connectivity index (χ4v) is 1.85. The number of nitrogens with zero attached hydrogens (tertiary/aromatic N) is 1. The summed E-state index contributed by atoms with van der Waals surface area (Å²) in [5, 5.41) is 13.6. The van der Waals surface area contributed by atoms with Crippen LogP contribution in [0, 0.1) is 10.1 Å². The first kappa shape index (κ1) is 14.3. The molecule has 0 aliphatic heterocycles. The molecule has 2 aromatic carbocycles. The second-order valence-corrected chi connectivity index (χ2v) is 4.19. The molecule has 0 aliphatic rings. The van der Waals surface area contributed by atoms with Crippen LogP contribution in [0.15, 0.2) is 42.5 Å². The van der Waals surface area contributed by atoms with Crippen molar-refractivity contribution in [1.82, 2.24) is 0 Å². The molecule has 21 heavy (non-hydrogen) atoms. The van der Waals surface area contributed by atoms with Crippen LogP contribution in [0.5, 0.6) is 5.75 Å². The number of benzene rings is 2. The number of hydrogen-bond donors (Lipinski definition) is 2. The van der Waals surface area contributed by atoms with Gasteiger partial charge in [0, 0.05) is 11.8 Å². The van der Waals surface area contributed by atoms with Gasteiger partial charge in [-0.2, -0.15) is 0 Å². The molecule has 0 spiro atoms. The van der Waals surface area contributed by atoms with E-state index in [0.29, 0.717) is 11.4 Å². The average Bonchev–Trinajstić information content (AvgIpc) is 2.46. The van der Waals surface area contributed by atoms with E-state index < -0.39 is 16.5 Å². The van der Waals surface area contributed by atoms with Crippen LogP contribution >= 0.6 is 0 Å². The van der Waals surface area contributed by atoms with E-state index in [4.69, 9.17) is 10.5 Å². The normalized spacial score (nSPS) is 9.95. The maximum Gasteiger partial charge on any atom is 0.304 e. The predicted octanol–water partition coefficient (Wildman–Crippen LogP) is 2.44. The Labute approximate surface area is 120 Å². The highest BCUT2D eigenvalue weighted by molar-refractivity contribution is 6.08. The van der Waals surface area contributed by atoms with Crippen molar-refractivity contribution in [1.29, 1.82) is 0 Å². The van der Waals surface area contributed by atoms with E-state index in [0.717, 1.165) is 0 Å². The molecule has 0 saturated carbocycles. The summed E-state index contributed by atoms with van der Waals surface area (Å²) in [6.45, 7) is 0. The summed E-state index contributed by atoms with van der Waals surface area (Å²) in [6, 6.07) is 10.9. The van der Waals surface area contributed by atoms with Crippen molar-refractivity contribution in [2.75, 3.05) is 18.2 Å². The third-order valence-electron chi connectivity index (χ3n) is 2.82. The molecule has 0 radical (unpaired) electrons. The number of rotatable bonds is 4. The van der Waals surface area contributed by atoms with Gasteiger partial charge in [0.1, 0.15) is 17.0 Å². The number of nitro benzene ring substituents is 1. The van der Waals surface area contributed by atoms with Gasteiger partial charge in [-0.1, -0.05) is 12.1 Å². The van der Waals surface area contributed by atoms with Crippen LogP contribution < -0.4 is 15.8 Å². The Morgan fingerprint density at radius 1 is 1.29 bits per heavy atom. The first-order valence-corrected chi connectivity index (χ1v) is 6.01. The first-order valence-electron chi connectivity index (χ1n) is 6.01. The number of carbonyl (C=O) groups excluding carboxylic acids is 1. The van der Waals surface area contributed by atoms with Crippen LogP contribution in [-0.4, -0.2) is 17.9 Å². The minimum absolute atomic E-state index is 0.0571. The zero-order valence-electron chi connectivity index (χ0n) is 11.2. The topological polar surface area (TPSA) is 107 Å². The van der Waals surface area contributed by atoms with Gasteiger partial charge in [-0.05, 0) is 24.3 Å². The second-order valence-electron chi connectivity index (χ2n) is 4.19. The highest BCUT2D eigenvalue weighted by atomic mass is 16.6. The molecule has 2 aromatic rings. The molecule has 1 amide bonds. The van der Waals surface area contributed by atoms with Gasteiger partial charge in [-0.25, -0.2) is 0 Å². The lowest BCUT2D eigenvalue weighted by Gasteiger charge is -2.08. The van der Waals surface area contributed by atoms with Crippen molar-refractivity contribution in [3.8, 4) is 5.75 Å². The molecule has 0 aromatic heterocycles. The Bertz CT molecular complexity index is 700. The largest absolute Gasteiger partial charge is 0.497 e. The molecular formula is C14H13N3O4. The minimum Gasteiger partial charge on any atom is -0.497 e. The van der Waals surface area contributed by atoms with Crippen molar-refractivity contribution >= 4 is 23.0 Å². The zero-order chi connectivity index (χ0) is 15.4. The number of nitrogens with one attached hydrogen (secondary N) is 1. The van der Waals surface area contributed by atoms with E-state index in [2.05, 4.69) is 5.32 Å². The van der Waals surface area contributed by atoms with Crippen molar-refractivity contribution < 1.29 is 14.5 Å². The lowest BCUT2D eigenvalue weighted by atomic mass is 10.1. The molecule has 2 rings (SSSR count). The molecule has 108 valence electrons. The lowest BCUT2D eigenvalue weighted by molar-refractivity contribution is -0.384. The Morgan fingerprint density at radius 3 is 2.67 bits per heavy atom. The monoisotopic (exact) mass is 287 g/mol. The van der Waals surface area contributed by atoms with Crippen LogP contribution in [-0.2, 0) is 0 Å². The van der Waals surface area contributed by atoms with Gasteiger partial charge in [-0.3, -0.25) is 14.9 Å². The average molecular weight is 287 g/mol. The van der Waals surface area contributed by atoms with Crippen LogP contribution in [0.1, 0.15) is 10.4 Å². The Hall–Kier alpha value is -3.09. The van der Waals surface area contributed by atoms with Gasteiger partial charge in [-0.15, -0.1) is 0 Å². The summed E-state index contributed by atoms with van der Waals surface area (Å²) in [4.78, 5) is 22.5.